The maximum absolute atomic E-state index is 6.10. The normalized spacial score (nSPS) is 11.9. The second kappa shape index (κ2) is 17.2. The Kier molecular flexibility index (Phi) is 9.71. The van der Waals surface area contributed by atoms with Crippen molar-refractivity contribution in [1.29, 1.82) is 0 Å². The SMILES string of the molecule is c1cc(-c2cccc(-c3ccc4ccc5cccc6ccc3c4c56)c2)cc(-c2ccc3ccc4cccc5ccc2c3c45)c1.c1ccc(-c2c3ccccc3c(-c3ccc4oc5ccccc5c4c3)c3ccccc23)cc1. The molecule has 0 aliphatic rings. The summed E-state index contributed by atoms with van der Waals surface area (Å²) in [4.78, 5) is 0. The van der Waals surface area contributed by atoms with E-state index < -0.39 is 0 Å². The third-order valence-corrected chi connectivity index (χ3v) is 16.4. The summed E-state index contributed by atoms with van der Waals surface area (Å²) in [5, 5.41) is 23.3. The maximum atomic E-state index is 6.10. The summed E-state index contributed by atoms with van der Waals surface area (Å²) in [5.41, 5.74) is 14.4. The molecule has 0 radical (unpaired) electrons. The summed E-state index contributed by atoms with van der Waals surface area (Å²) in [6.45, 7) is 0. The van der Waals surface area contributed by atoms with E-state index in [2.05, 4.69) is 267 Å². The van der Waals surface area contributed by atoms with Gasteiger partial charge in [-0.05, 0) is 172 Å². The summed E-state index contributed by atoms with van der Waals surface area (Å²) in [6, 6.07) is 102. The zero-order valence-electron chi connectivity index (χ0n) is 42.0. The fraction of sp³-hybridized carbons (Fsp3) is 0. The molecule has 0 amide bonds. The van der Waals surface area contributed by atoms with Crippen LogP contribution >= 0.6 is 0 Å². The highest BCUT2D eigenvalue weighted by atomic mass is 16.3. The number of hydrogen-bond acceptors (Lipinski definition) is 1. The lowest BCUT2D eigenvalue weighted by Gasteiger charge is -2.17. The van der Waals surface area contributed by atoms with Crippen LogP contribution in [0.4, 0.5) is 0 Å². The second-order valence-electron chi connectivity index (χ2n) is 20.6. The van der Waals surface area contributed by atoms with Gasteiger partial charge in [0.05, 0.1) is 0 Å². The largest absolute Gasteiger partial charge is 0.456 e. The number of hydrogen-bond donors (Lipinski definition) is 0. The van der Waals surface area contributed by atoms with Gasteiger partial charge in [0.25, 0.3) is 0 Å². The molecule has 0 N–H and O–H groups in total. The van der Waals surface area contributed by atoms with E-state index in [0.717, 1.165) is 21.9 Å². The Hall–Kier alpha value is -10.1. The molecule has 77 heavy (non-hydrogen) atoms. The van der Waals surface area contributed by atoms with E-state index in [9.17, 15) is 0 Å². The van der Waals surface area contributed by atoms with E-state index in [1.807, 2.05) is 12.1 Å². The van der Waals surface area contributed by atoms with Crippen molar-refractivity contribution in [3.63, 3.8) is 0 Å². The van der Waals surface area contributed by atoms with E-state index in [1.54, 1.807) is 0 Å². The molecule has 1 aromatic heterocycles. The first-order valence-corrected chi connectivity index (χ1v) is 26.6. The minimum absolute atomic E-state index is 0.925. The van der Waals surface area contributed by atoms with Gasteiger partial charge in [0.15, 0.2) is 0 Å². The van der Waals surface area contributed by atoms with Crippen LogP contribution in [0.25, 0.3) is 164 Å². The molecule has 0 spiro atoms. The van der Waals surface area contributed by atoms with E-state index >= 15 is 0 Å². The number of furan rings is 1. The molecule has 1 heteroatoms. The Labute approximate surface area is 444 Å². The molecular weight excluding hydrogens is 929 g/mol. The molecule has 17 aromatic rings. The first-order valence-electron chi connectivity index (χ1n) is 26.6. The zero-order valence-corrected chi connectivity index (χ0v) is 42.0. The quantitative estimate of drug-likeness (QED) is 0.124. The molecule has 356 valence electrons. The van der Waals surface area contributed by atoms with Gasteiger partial charge in [-0.3, -0.25) is 0 Å². The summed E-state index contributed by atoms with van der Waals surface area (Å²) < 4.78 is 6.10. The smallest absolute Gasteiger partial charge is 0.135 e. The van der Waals surface area contributed by atoms with Crippen LogP contribution < -0.4 is 0 Å². The van der Waals surface area contributed by atoms with Crippen LogP contribution in [-0.2, 0) is 0 Å². The first-order chi connectivity index (χ1) is 38.2. The third-order valence-electron chi connectivity index (χ3n) is 16.4. The van der Waals surface area contributed by atoms with Gasteiger partial charge in [-0.25, -0.2) is 0 Å². The zero-order chi connectivity index (χ0) is 50.6. The summed E-state index contributed by atoms with van der Waals surface area (Å²) in [5.74, 6) is 0. The average Bonchev–Trinajstić information content (AvgIpc) is 4.01. The standard InChI is InChI=1S/C44H26.C32H20O/c1-5-27-13-15-31-17-21-37(39-23-19-29(7-1)41(27)43(31)39)35-11-3-9-33(25-35)34-10-4-12-36(26-34)38-22-18-32-16-14-28-6-2-8-30-20-24-40(38)44(32)42(28)30;1-2-10-21(11-3-1)31-24-13-4-6-15-26(24)32(27-16-7-5-14-25(27)31)22-18-19-30-28(20-22)23-12-8-9-17-29(23)33-30/h1-26H;1-20H. The van der Waals surface area contributed by atoms with E-state index in [0.29, 0.717) is 0 Å². The molecule has 1 heterocycles. The van der Waals surface area contributed by atoms with Gasteiger partial charge in [-0.2, -0.15) is 0 Å². The van der Waals surface area contributed by atoms with Gasteiger partial charge in [-0.15, -0.1) is 0 Å². The van der Waals surface area contributed by atoms with Crippen molar-refractivity contribution in [2.24, 2.45) is 0 Å². The molecule has 1 nitrogen and oxygen atoms in total. The topological polar surface area (TPSA) is 13.1 Å². The van der Waals surface area contributed by atoms with Gasteiger partial charge in [0.1, 0.15) is 11.2 Å². The maximum Gasteiger partial charge on any atom is 0.135 e. The van der Waals surface area contributed by atoms with Crippen LogP contribution in [0.1, 0.15) is 0 Å². The lowest BCUT2D eigenvalue weighted by atomic mass is 9.86. The number of fused-ring (bicyclic) bond motifs is 5. The van der Waals surface area contributed by atoms with Gasteiger partial charge >= 0.3 is 0 Å². The third kappa shape index (κ3) is 6.88. The fourth-order valence-corrected chi connectivity index (χ4v) is 12.9. The predicted molar refractivity (Wildman–Crippen MR) is 330 cm³/mol. The van der Waals surface area contributed by atoms with Crippen molar-refractivity contribution >= 4 is 108 Å². The summed E-state index contributed by atoms with van der Waals surface area (Å²) in [7, 11) is 0. The Balaban J connectivity index is 0.000000135. The van der Waals surface area contributed by atoms with E-state index in [-0.39, 0.29) is 0 Å². The van der Waals surface area contributed by atoms with Crippen molar-refractivity contribution in [2.75, 3.05) is 0 Å². The van der Waals surface area contributed by atoms with Crippen molar-refractivity contribution in [3.8, 4) is 55.6 Å². The molecule has 0 unspecified atom stereocenters. The number of benzene rings is 16. The molecule has 16 aromatic carbocycles. The molecule has 0 bridgehead atoms. The van der Waals surface area contributed by atoms with Crippen molar-refractivity contribution in [1.82, 2.24) is 0 Å². The molecular formula is C76H46O. The van der Waals surface area contributed by atoms with Crippen molar-refractivity contribution < 1.29 is 4.42 Å². The Morgan fingerprint density at radius 3 is 1.08 bits per heavy atom. The molecule has 0 fully saturated rings. The molecule has 0 aliphatic heterocycles. The highest BCUT2D eigenvalue weighted by Gasteiger charge is 2.19. The molecule has 17 rings (SSSR count). The van der Waals surface area contributed by atoms with Crippen LogP contribution in [0, 0.1) is 0 Å². The summed E-state index contributed by atoms with van der Waals surface area (Å²) >= 11 is 0. The Morgan fingerprint density at radius 2 is 0.558 bits per heavy atom. The van der Waals surface area contributed by atoms with E-state index in [1.165, 1.54) is 142 Å². The van der Waals surface area contributed by atoms with Gasteiger partial charge in [-0.1, -0.05) is 249 Å². The first kappa shape index (κ1) is 43.3. The lowest BCUT2D eigenvalue weighted by molar-refractivity contribution is 0.669. The van der Waals surface area contributed by atoms with Crippen LogP contribution in [0.15, 0.2) is 283 Å². The van der Waals surface area contributed by atoms with Crippen LogP contribution in [0.2, 0.25) is 0 Å². The van der Waals surface area contributed by atoms with Crippen molar-refractivity contribution in [3.05, 3.63) is 279 Å². The lowest BCUT2D eigenvalue weighted by Crippen LogP contribution is -1.90. The minimum Gasteiger partial charge on any atom is -0.456 e. The highest BCUT2D eigenvalue weighted by Crippen LogP contribution is 2.46. The predicted octanol–water partition coefficient (Wildman–Crippen LogP) is 21.7. The molecule has 0 saturated heterocycles. The Bertz CT molecular complexity index is 4880. The highest BCUT2D eigenvalue weighted by molar-refractivity contribution is 6.27. The Morgan fingerprint density at radius 1 is 0.182 bits per heavy atom. The molecule has 0 saturated carbocycles. The monoisotopic (exact) mass is 974 g/mol. The molecule has 0 aliphatic carbocycles. The number of rotatable bonds is 5. The molecule has 0 atom stereocenters. The fourth-order valence-electron chi connectivity index (χ4n) is 12.9. The van der Waals surface area contributed by atoms with Gasteiger partial charge < -0.3 is 4.42 Å². The van der Waals surface area contributed by atoms with Gasteiger partial charge in [0, 0.05) is 10.8 Å². The minimum atomic E-state index is 0.925. The van der Waals surface area contributed by atoms with Crippen molar-refractivity contribution in [2.45, 2.75) is 0 Å². The summed E-state index contributed by atoms with van der Waals surface area (Å²) in [6.07, 6.45) is 0. The average molecular weight is 975 g/mol. The van der Waals surface area contributed by atoms with Crippen LogP contribution in [-0.4, -0.2) is 0 Å². The second-order valence-corrected chi connectivity index (χ2v) is 20.6. The number of para-hydroxylation sites is 1. The van der Waals surface area contributed by atoms with Crippen LogP contribution in [0.3, 0.4) is 0 Å². The van der Waals surface area contributed by atoms with Gasteiger partial charge in [0.2, 0.25) is 0 Å². The van der Waals surface area contributed by atoms with E-state index in [4.69, 9.17) is 4.42 Å². The van der Waals surface area contributed by atoms with Crippen LogP contribution in [0.5, 0.6) is 0 Å².